The fourth-order valence-corrected chi connectivity index (χ4v) is 4.49. The van der Waals surface area contributed by atoms with E-state index in [1.54, 1.807) is 0 Å². The van der Waals surface area contributed by atoms with Gasteiger partial charge in [0.05, 0.1) is 6.61 Å². The molecule has 2 aromatic rings. The first-order valence-electron chi connectivity index (χ1n) is 11.0. The zero-order valence-corrected chi connectivity index (χ0v) is 16.9. The topological polar surface area (TPSA) is 58.2 Å². The van der Waals surface area contributed by atoms with Gasteiger partial charge in [-0.1, -0.05) is 24.3 Å². The van der Waals surface area contributed by atoms with Crippen LogP contribution in [0.3, 0.4) is 0 Å². The Bertz CT molecular complexity index is 895. The lowest BCUT2D eigenvalue weighted by molar-refractivity contribution is 0.0723. The first-order valence-corrected chi connectivity index (χ1v) is 11.0. The summed E-state index contributed by atoms with van der Waals surface area (Å²) in [4.78, 5) is 15.2. The third-order valence-corrected chi connectivity index (χ3v) is 6.40. The number of fused-ring (bicyclic) bond motifs is 1. The molecular weight excluding hydrogens is 362 g/mol. The standard InChI is InChI=1S/C24H29N3O2/c28-24(23-21-7-4-8-22(21)25-26-23)27(19-11-12-19)15-17-9-13-20(14-10-17)29-16-18-5-2-1-3-6-18/h1-2,9-10,13-14,18-19H,3-8,11-12,15-16H2,(H,25,26)/t18-/m0/s1. The predicted molar refractivity (Wildman–Crippen MR) is 112 cm³/mol. The van der Waals surface area contributed by atoms with Crippen molar-refractivity contribution in [3.05, 3.63) is 58.9 Å². The first-order chi connectivity index (χ1) is 14.3. The number of hydrogen-bond acceptors (Lipinski definition) is 3. The van der Waals surface area contributed by atoms with E-state index in [9.17, 15) is 4.79 Å². The number of nitrogens with one attached hydrogen (secondary N) is 1. The predicted octanol–water partition coefficient (Wildman–Crippen LogP) is 4.44. The van der Waals surface area contributed by atoms with Gasteiger partial charge in [-0.2, -0.15) is 5.10 Å². The minimum atomic E-state index is 0.0811. The molecule has 5 heteroatoms. The maximum absolute atomic E-state index is 13.2. The van der Waals surface area contributed by atoms with Crippen LogP contribution in [0.25, 0.3) is 0 Å². The van der Waals surface area contributed by atoms with Crippen LogP contribution in [0.15, 0.2) is 36.4 Å². The Balaban J connectivity index is 1.23. The number of aromatic amines is 1. The van der Waals surface area contributed by atoms with Crippen molar-refractivity contribution < 1.29 is 9.53 Å². The molecule has 1 aromatic heterocycles. The average molecular weight is 392 g/mol. The van der Waals surface area contributed by atoms with E-state index < -0.39 is 0 Å². The van der Waals surface area contributed by atoms with Crippen LogP contribution in [-0.4, -0.2) is 33.7 Å². The number of carbonyl (C=O) groups excluding carboxylic acids is 1. The highest BCUT2D eigenvalue weighted by Crippen LogP contribution is 2.32. The van der Waals surface area contributed by atoms with Crippen molar-refractivity contribution in [1.29, 1.82) is 0 Å². The van der Waals surface area contributed by atoms with E-state index in [2.05, 4.69) is 34.5 Å². The fraction of sp³-hybridized carbons (Fsp3) is 0.500. The van der Waals surface area contributed by atoms with E-state index in [1.165, 1.54) is 6.42 Å². The maximum Gasteiger partial charge on any atom is 0.275 e. The van der Waals surface area contributed by atoms with Crippen LogP contribution in [-0.2, 0) is 19.4 Å². The number of aromatic nitrogens is 2. The summed E-state index contributed by atoms with van der Waals surface area (Å²) in [6, 6.07) is 8.61. The molecule has 1 saturated carbocycles. The smallest absolute Gasteiger partial charge is 0.275 e. The number of amides is 1. The number of ether oxygens (including phenoxy) is 1. The zero-order valence-electron chi connectivity index (χ0n) is 16.9. The molecule has 3 aliphatic rings. The molecule has 1 aromatic carbocycles. The van der Waals surface area contributed by atoms with Gasteiger partial charge in [-0.3, -0.25) is 9.89 Å². The summed E-state index contributed by atoms with van der Waals surface area (Å²) in [7, 11) is 0. The number of benzene rings is 1. The highest BCUT2D eigenvalue weighted by atomic mass is 16.5. The van der Waals surface area contributed by atoms with Gasteiger partial charge in [-0.15, -0.1) is 0 Å². The van der Waals surface area contributed by atoms with E-state index in [0.29, 0.717) is 24.2 Å². The number of allylic oxidation sites excluding steroid dienone is 2. The monoisotopic (exact) mass is 391 g/mol. The van der Waals surface area contributed by atoms with Gasteiger partial charge in [-0.05, 0) is 75.0 Å². The van der Waals surface area contributed by atoms with Crippen LogP contribution in [0.2, 0.25) is 0 Å². The van der Waals surface area contributed by atoms with Crippen molar-refractivity contribution in [2.24, 2.45) is 5.92 Å². The molecule has 1 fully saturated rings. The second kappa shape index (κ2) is 8.05. The lowest BCUT2D eigenvalue weighted by atomic mass is 9.95. The normalized spacial score (nSPS) is 20.5. The van der Waals surface area contributed by atoms with Gasteiger partial charge in [0.15, 0.2) is 5.69 Å². The Labute approximate surface area is 172 Å². The molecular formula is C24H29N3O2. The highest BCUT2D eigenvalue weighted by Gasteiger charge is 2.36. The van der Waals surface area contributed by atoms with Crippen molar-refractivity contribution in [1.82, 2.24) is 15.1 Å². The van der Waals surface area contributed by atoms with Gasteiger partial charge in [0, 0.05) is 23.8 Å². The van der Waals surface area contributed by atoms with E-state index in [-0.39, 0.29) is 5.91 Å². The van der Waals surface area contributed by atoms with Crippen molar-refractivity contribution in [3.8, 4) is 5.75 Å². The summed E-state index contributed by atoms with van der Waals surface area (Å²) in [6.07, 6.45) is 13.3. The van der Waals surface area contributed by atoms with E-state index in [1.807, 2.05) is 17.0 Å². The van der Waals surface area contributed by atoms with E-state index in [0.717, 1.165) is 74.1 Å². The molecule has 1 N–H and O–H groups in total. The van der Waals surface area contributed by atoms with Gasteiger partial charge in [0.1, 0.15) is 5.75 Å². The van der Waals surface area contributed by atoms with Crippen molar-refractivity contribution in [2.45, 2.75) is 64.0 Å². The van der Waals surface area contributed by atoms with E-state index >= 15 is 0 Å². The Morgan fingerprint density at radius 2 is 2.00 bits per heavy atom. The van der Waals surface area contributed by atoms with E-state index in [4.69, 9.17) is 4.74 Å². The lowest BCUT2D eigenvalue weighted by Gasteiger charge is -2.22. The SMILES string of the molecule is O=C(c1n[nH]c2c1CCC2)N(Cc1ccc(OC[C@H]2CC=CCC2)cc1)C1CC1. The van der Waals surface area contributed by atoms with Gasteiger partial charge in [0.2, 0.25) is 0 Å². The summed E-state index contributed by atoms with van der Waals surface area (Å²) < 4.78 is 5.99. The molecule has 0 spiro atoms. The van der Waals surface area contributed by atoms with Crippen LogP contribution in [0.4, 0.5) is 0 Å². The van der Waals surface area contributed by atoms with Gasteiger partial charge >= 0.3 is 0 Å². The number of aryl methyl sites for hydroxylation is 1. The fourth-order valence-electron chi connectivity index (χ4n) is 4.49. The summed E-state index contributed by atoms with van der Waals surface area (Å²) >= 11 is 0. The molecule has 29 heavy (non-hydrogen) atoms. The average Bonchev–Trinajstić information content (AvgIpc) is 3.35. The largest absolute Gasteiger partial charge is 0.493 e. The third kappa shape index (κ3) is 4.09. The molecule has 0 bridgehead atoms. The molecule has 5 rings (SSSR count). The van der Waals surface area contributed by atoms with Crippen LogP contribution >= 0.6 is 0 Å². The highest BCUT2D eigenvalue weighted by molar-refractivity contribution is 5.94. The summed E-state index contributed by atoms with van der Waals surface area (Å²) in [6.45, 7) is 1.42. The van der Waals surface area contributed by atoms with Crippen molar-refractivity contribution in [3.63, 3.8) is 0 Å². The molecule has 0 aliphatic heterocycles. The Kier molecular flexibility index (Phi) is 5.13. The molecule has 0 saturated heterocycles. The van der Waals surface area contributed by atoms with Gasteiger partial charge < -0.3 is 9.64 Å². The zero-order chi connectivity index (χ0) is 19.6. The second-order valence-corrected chi connectivity index (χ2v) is 8.65. The minimum absolute atomic E-state index is 0.0811. The lowest BCUT2D eigenvalue weighted by Crippen LogP contribution is -2.33. The molecule has 0 unspecified atom stereocenters. The van der Waals surface area contributed by atoms with Crippen LogP contribution in [0.1, 0.15) is 65.8 Å². The number of carbonyl (C=O) groups is 1. The molecule has 0 radical (unpaired) electrons. The van der Waals surface area contributed by atoms with Crippen molar-refractivity contribution >= 4 is 5.91 Å². The molecule has 1 heterocycles. The molecule has 1 atom stereocenters. The molecule has 5 nitrogen and oxygen atoms in total. The molecule has 152 valence electrons. The van der Waals surface area contributed by atoms with Crippen LogP contribution in [0.5, 0.6) is 5.75 Å². The number of hydrogen-bond donors (Lipinski definition) is 1. The summed E-state index contributed by atoms with van der Waals surface area (Å²) in [5.41, 5.74) is 4.08. The Morgan fingerprint density at radius 3 is 2.76 bits per heavy atom. The summed E-state index contributed by atoms with van der Waals surface area (Å²) in [5.74, 6) is 1.62. The Hall–Kier alpha value is -2.56. The minimum Gasteiger partial charge on any atom is -0.493 e. The van der Waals surface area contributed by atoms with Gasteiger partial charge in [-0.25, -0.2) is 0 Å². The third-order valence-electron chi connectivity index (χ3n) is 6.40. The summed E-state index contributed by atoms with van der Waals surface area (Å²) in [5, 5.41) is 7.43. The number of nitrogens with zero attached hydrogens (tertiary/aromatic N) is 2. The van der Waals surface area contributed by atoms with Gasteiger partial charge in [0.25, 0.3) is 5.91 Å². The molecule has 1 amide bonds. The van der Waals surface area contributed by atoms with Crippen LogP contribution < -0.4 is 4.74 Å². The van der Waals surface area contributed by atoms with Crippen LogP contribution in [0, 0.1) is 5.92 Å². The maximum atomic E-state index is 13.2. The number of rotatable bonds is 7. The molecule has 3 aliphatic carbocycles. The van der Waals surface area contributed by atoms with Crippen molar-refractivity contribution in [2.75, 3.05) is 6.61 Å². The first kappa shape index (κ1) is 18.5. The quantitative estimate of drug-likeness (QED) is 0.710. The Morgan fingerprint density at radius 1 is 1.14 bits per heavy atom. The second-order valence-electron chi connectivity index (χ2n) is 8.65. The number of H-pyrrole nitrogens is 1.